The van der Waals surface area contributed by atoms with Crippen molar-refractivity contribution in [1.29, 1.82) is 0 Å². The molecule has 18 heavy (non-hydrogen) atoms. The van der Waals surface area contributed by atoms with Crippen molar-refractivity contribution in [2.45, 2.75) is 32.4 Å². The summed E-state index contributed by atoms with van der Waals surface area (Å²) in [6.07, 6.45) is 4.99. The van der Waals surface area contributed by atoms with E-state index < -0.39 is 0 Å². The molecular formula is C15H19N3. The number of rotatable bonds is 3. The van der Waals surface area contributed by atoms with Crippen LogP contribution in [-0.2, 0) is 19.5 Å². The Hall–Kier alpha value is -1.61. The predicted molar refractivity (Wildman–Crippen MR) is 72.5 cm³/mol. The molecule has 0 saturated heterocycles. The molecule has 1 unspecified atom stereocenters. The Balaban J connectivity index is 1.86. The minimum atomic E-state index is 0.544. The third kappa shape index (κ3) is 2.06. The Kier molecular flexibility index (Phi) is 3.15. The third-order valence-corrected chi connectivity index (χ3v) is 3.77. The van der Waals surface area contributed by atoms with Gasteiger partial charge in [-0.3, -0.25) is 0 Å². The number of nitrogens with zero attached hydrogens (tertiary/aromatic N) is 2. The topological polar surface area (TPSA) is 29.9 Å². The van der Waals surface area contributed by atoms with Gasteiger partial charge in [0.2, 0.25) is 0 Å². The van der Waals surface area contributed by atoms with Crippen LogP contribution in [0, 0.1) is 0 Å². The summed E-state index contributed by atoms with van der Waals surface area (Å²) < 4.78 is 2.23. The zero-order valence-corrected chi connectivity index (χ0v) is 10.8. The van der Waals surface area contributed by atoms with Crippen molar-refractivity contribution in [2.24, 2.45) is 0 Å². The summed E-state index contributed by atoms with van der Waals surface area (Å²) >= 11 is 0. The first kappa shape index (κ1) is 11.5. The van der Waals surface area contributed by atoms with Crippen LogP contribution in [-0.4, -0.2) is 16.1 Å². The Morgan fingerprint density at radius 2 is 2.28 bits per heavy atom. The maximum atomic E-state index is 4.49. The van der Waals surface area contributed by atoms with Crippen molar-refractivity contribution in [2.75, 3.05) is 6.54 Å². The van der Waals surface area contributed by atoms with Gasteiger partial charge in [-0.1, -0.05) is 24.3 Å². The highest BCUT2D eigenvalue weighted by molar-refractivity contribution is 5.33. The van der Waals surface area contributed by atoms with Gasteiger partial charge in [-0.15, -0.1) is 0 Å². The predicted octanol–water partition coefficient (Wildman–Crippen LogP) is 2.33. The average molecular weight is 241 g/mol. The van der Waals surface area contributed by atoms with Gasteiger partial charge >= 0.3 is 0 Å². The van der Waals surface area contributed by atoms with E-state index in [9.17, 15) is 0 Å². The van der Waals surface area contributed by atoms with Crippen molar-refractivity contribution in [1.82, 2.24) is 14.9 Å². The molecule has 0 spiro atoms. The van der Waals surface area contributed by atoms with Crippen LogP contribution >= 0.6 is 0 Å². The second-order valence-electron chi connectivity index (χ2n) is 4.86. The highest BCUT2D eigenvalue weighted by atomic mass is 15.1. The Labute approximate surface area is 108 Å². The van der Waals surface area contributed by atoms with Gasteiger partial charge in [-0.2, -0.15) is 0 Å². The molecule has 2 heterocycles. The second kappa shape index (κ2) is 4.94. The molecular weight excluding hydrogens is 222 g/mol. The molecule has 0 bridgehead atoms. The van der Waals surface area contributed by atoms with E-state index in [4.69, 9.17) is 0 Å². The zero-order valence-electron chi connectivity index (χ0n) is 10.8. The molecule has 1 aliphatic heterocycles. The average Bonchev–Trinajstić information content (AvgIpc) is 2.86. The molecule has 0 saturated carbocycles. The molecule has 3 nitrogen and oxygen atoms in total. The summed E-state index contributed by atoms with van der Waals surface area (Å²) in [5.74, 6) is 1.74. The van der Waals surface area contributed by atoms with Gasteiger partial charge in [0, 0.05) is 44.4 Å². The van der Waals surface area contributed by atoms with Crippen LogP contribution in [0.5, 0.6) is 0 Å². The lowest BCUT2D eigenvalue weighted by molar-refractivity contribution is 0.519. The molecule has 0 radical (unpaired) electrons. The van der Waals surface area contributed by atoms with E-state index in [-0.39, 0.29) is 0 Å². The number of aryl methyl sites for hydroxylation is 1. The lowest BCUT2D eigenvalue weighted by atomic mass is 9.88. The van der Waals surface area contributed by atoms with Crippen molar-refractivity contribution >= 4 is 0 Å². The highest BCUT2D eigenvalue weighted by Gasteiger charge is 2.21. The summed E-state index contributed by atoms with van der Waals surface area (Å²) in [5, 5.41) is 3.50. The van der Waals surface area contributed by atoms with Gasteiger partial charge in [-0.25, -0.2) is 4.98 Å². The minimum absolute atomic E-state index is 0.544. The summed E-state index contributed by atoms with van der Waals surface area (Å²) in [7, 11) is 0. The van der Waals surface area contributed by atoms with Crippen molar-refractivity contribution in [3.05, 3.63) is 53.6 Å². The fraction of sp³-hybridized carbons (Fsp3) is 0.400. The molecule has 1 aromatic carbocycles. The van der Waals surface area contributed by atoms with E-state index in [2.05, 4.69) is 52.3 Å². The summed E-state index contributed by atoms with van der Waals surface area (Å²) in [4.78, 5) is 4.49. The first-order chi connectivity index (χ1) is 8.88. The second-order valence-corrected chi connectivity index (χ2v) is 4.86. The van der Waals surface area contributed by atoms with Gasteiger partial charge in [0.15, 0.2) is 0 Å². The van der Waals surface area contributed by atoms with E-state index >= 15 is 0 Å². The minimum Gasteiger partial charge on any atom is -0.335 e. The van der Waals surface area contributed by atoms with E-state index in [0.717, 1.165) is 26.1 Å². The summed E-state index contributed by atoms with van der Waals surface area (Å²) in [6, 6.07) is 8.75. The van der Waals surface area contributed by atoms with E-state index in [1.807, 2.05) is 6.20 Å². The van der Waals surface area contributed by atoms with Crippen LogP contribution in [0.1, 0.15) is 29.8 Å². The molecule has 0 fully saturated rings. The lowest BCUT2D eigenvalue weighted by Gasteiger charge is -2.26. The van der Waals surface area contributed by atoms with Crippen LogP contribution in [0.2, 0.25) is 0 Å². The fourth-order valence-corrected chi connectivity index (χ4v) is 2.80. The van der Waals surface area contributed by atoms with E-state index in [1.165, 1.54) is 17.0 Å². The number of hydrogen-bond acceptors (Lipinski definition) is 2. The van der Waals surface area contributed by atoms with Gasteiger partial charge in [0.1, 0.15) is 5.82 Å². The van der Waals surface area contributed by atoms with Gasteiger partial charge in [0.25, 0.3) is 0 Å². The standard InChI is InChI=1S/C15H19N3/c1-2-18-8-7-17-15(18)9-13-11-16-10-12-5-3-4-6-14(12)13/h3-8,13,16H,2,9-11H2,1H3. The normalized spacial score (nSPS) is 18.6. The number of aromatic nitrogens is 2. The monoisotopic (exact) mass is 241 g/mol. The van der Waals surface area contributed by atoms with Gasteiger partial charge in [0.05, 0.1) is 0 Å². The van der Waals surface area contributed by atoms with Gasteiger partial charge < -0.3 is 9.88 Å². The van der Waals surface area contributed by atoms with Crippen molar-refractivity contribution in [3.8, 4) is 0 Å². The smallest absolute Gasteiger partial charge is 0.109 e. The first-order valence-corrected chi connectivity index (χ1v) is 6.67. The zero-order chi connectivity index (χ0) is 12.4. The van der Waals surface area contributed by atoms with E-state index in [1.54, 1.807) is 0 Å². The molecule has 94 valence electrons. The van der Waals surface area contributed by atoms with Gasteiger partial charge in [-0.05, 0) is 18.1 Å². The Morgan fingerprint density at radius 1 is 1.39 bits per heavy atom. The number of nitrogens with one attached hydrogen (secondary N) is 1. The largest absolute Gasteiger partial charge is 0.335 e. The SMILES string of the molecule is CCn1ccnc1CC1CNCc2ccccc21. The number of imidazole rings is 1. The highest BCUT2D eigenvalue weighted by Crippen LogP contribution is 2.26. The lowest BCUT2D eigenvalue weighted by Crippen LogP contribution is -2.29. The fourth-order valence-electron chi connectivity index (χ4n) is 2.80. The first-order valence-electron chi connectivity index (χ1n) is 6.67. The summed E-state index contributed by atoms with van der Waals surface area (Å²) in [5.41, 5.74) is 2.92. The molecule has 1 N–H and O–H groups in total. The Morgan fingerprint density at radius 3 is 3.17 bits per heavy atom. The molecule has 3 heteroatoms. The number of hydrogen-bond donors (Lipinski definition) is 1. The molecule has 1 aromatic heterocycles. The Bertz CT molecular complexity index is 530. The van der Waals surface area contributed by atoms with Crippen molar-refractivity contribution in [3.63, 3.8) is 0 Å². The summed E-state index contributed by atoms with van der Waals surface area (Å²) in [6.45, 7) is 5.21. The number of benzene rings is 1. The van der Waals surface area contributed by atoms with E-state index in [0.29, 0.717) is 5.92 Å². The van der Waals surface area contributed by atoms with Crippen LogP contribution in [0.15, 0.2) is 36.7 Å². The molecule has 3 rings (SSSR count). The molecule has 1 aliphatic rings. The third-order valence-electron chi connectivity index (χ3n) is 3.77. The number of fused-ring (bicyclic) bond motifs is 1. The van der Waals surface area contributed by atoms with Crippen LogP contribution in [0.25, 0.3) is 0 Å². The maximum absolute atomic E-state index is 4.49. The molecule has 0 aliphatic carbocycles. The maximum Gasteiger partial charge on any atom is 0.109 e. The molecule has 2 aromatic rings. The molecule has 0 amide bonds. The van der Waals surface area contributed by atoms with Crippen LogP contribution in [0.4, 0.5) is 0 Å². The van der Waals surface area contributed by atoms with Crippen LogP contribution in [0.3, 0.4) is 0 Å². The van der Waals surface area contributed by atoms with Crippen molar-refractivity contribution < 1.29 is 0 Å². The quantitative estimate of drug-likeness (QED) is 0.894. The van der Waals surface area contributed by atoms with Crippen LogP contribution < -0.4 is 5.32 Å². The molecule has 1 atom stereocenters.